The number of nitrogens with zero attached hydrogens (tertiary/aromatic N) is 3. The average molecular weight is 503 g/mol. The lowest BCUT2D eigenvalue weighted by Gasteiger charge is -2.53. The first-order valence-corrected chi connectivity index (χ1v) is 13.2. The van der Waals surface area contributed by atoms with Gasteiger partial charge in [-0.2, -0.15) is 0 Å². The van der Waals surface area contributed by atoms with E-state index >= 15 is 0 Å². The van der Waals surface area contributed by atoms with Crippen LogP contribution < -0.4 is 4.74 Å². The van der Waals surface area contributed by atoms with E-state index in [0.717, 1.165) is 53.1 Å². The van der Waals surface area contributed by atoms with Gasteiger partial charge in [-0.3, -0.25) is 9.59 Å². The molecule has 3 aromatic rings. The van der Waals surface area contributed by atoms with Gasteiger partial charge in [0, 0.05) is 36.1 Å². The van der Waals surface area contributed by atoms with E-state index in [9.17, 15) is 14.7 Å². The molecule has 0 bridgehead atoms. The third-order valence-electron chi connectivity index (χ3n) is 8.39. The molecular formula is C29H34N4O4. The molecule has 2 fully saturated rings. The quantitative estimate of drug-likeness (QED) is 0.558. The van der Waals surface area contributed by atoms with Gasteiger partial charge in [-0.25, -0.2) is 0 Å². The van der Waals surface area contributed by atoms with Crippen LogP contribution in [0.1, 0.15) is 49.0 Å². The van der Waals surface area contributed by atoms with E-state index in [1.807, 2.05) is 31.2 Å². The van der Waals surface area contributed by atoms with E-state index in [1.54, 1.807) is 35.1 Å². The van der Waals surface area contributed by atoms with Gasteiger partial charge in [0.15, 0.2) is 0 Å². The fourth-order valence-electron chi connectivity index (χ4n) is 6.53. The zero-order valence-electron chi connectivity index (χ0n) is 21.5. The number of phenols is 1. The maximum absolute atomic E-state index is 14.2. The lowest BCUT2D eigenvalue weighted by Crippen LogP contribution is -2.70. The Bertz CT molecular complexity index is 1360. The van der Waals surface area contributed by atoms with E-state index < -0.39 is 11.6 Å². The predicted octanol–water partition coefficient (Wildman–Crippen LogP) is 3.44. The number of ether oxygens (including phenoxy) is 1. The number of phenolic OH excluding ortho intramolecular Hbond substituents is 1. The molecule has 2 saturated heterocycles. The molecule has 8 nitrogen and oxygen atoms in total. The number of aromatic hydroxyl groups is 1. The third-order valence-corrected chi connectivity index (χ3v) is 8.39. The van der Waals surface area contributed by atoms with Crippen molar-refractivity contribution >= 4 is 22.7 Å². The molecule has 4 heterocycles. The average Bonchev–Trinajstić information content (AvgIpc) is 3.26. The molecule has 194 valence electrons. The SMILES string of the molecule is COc1ccc2[nH]c3c(c2c1)C[C@@]1(C)C(=O)N(CCN2CCCCC2)CC(=O)N1[C@@H]3c1cccc(O)c1. The molecule has 8 heteroatoms. The van der Waals surface area contributed by atoms with Gasteiger partial charge in [0.05, 0.1) is 19.7 Å². The highest BCUT2D eigenvalue weighted by Crippen LogP contribution is 2.47. The molecule has 0 spiro atoms. The van der Waals surface area contributed by atoms with Crippen LogP contribution in [-0.2, 0) is 16.0 Å². The zero-order valence-corrected chi connectivity index (χ0v) is 21.5. The molecule has 2 atom stereocenters. The van der Waals surface area contributed by atoms with Gasteiger partial charge < -0.3 is 29.5 Å². The number of fused-ring (bicyclic) bond motifs is 4. The Morgan fingerprint density at radius 1 is 1.08 bits per heavy atom. The lowest BCUT2D eigenvalue weighted by molar-refractivity contribution is -0.167. The predicted molar refractivity (Wildman–Crippen MR) is 141 cm³/mol. The highest BCUT2D eigenvalue weighted by atomic mass is 16.5. The number of carbonyl (C=O) groups is 2. The second kappa shape index (κ2) is 9.10. The molecule has 2 N–H and O–H groups in total. The molecule has 0 saturated carbocycles. The highest BCUT2D eigenvalue weighted by Gasteiger charge is 2.56. The number of hydrogen-bond acceptors (Lipinski definition) is 5. The first-order chi connectivity index (χ1) is 17.9. The van der Waals surface area contributed by atoms with Crippen molar-refractivity contribution in [2.45, 2.75) is 44.2 Å². The molecule has 2 aromatic carbocycles. The molecular weight excluding hydrogens is 468 g/mol. The molecule has 2 amide bonds. The summed E-state index contributed by atoms with van der Waals surface area (Å²) in [6.45, 7) is 5.43. The van der Waals surface area contributed by atoms with Crippen molar-refractivity contribution in [3.05, 3.63) is 59.3 Å². The van der Waals surface area contributed by atoms with Crippen LogP contribution in [0.15, 0.2) is 42.5 Å². The monoisotopic (exact) mass is 502 g/mol. The summed E-state index contributed by atoms with van der Waals surface area (Å²) in [5.41, 5.74) is 2.56. The summed E-state index contributed by atoms with van der Waals surface area (Å²) in [4.78, 5) is 37.5. The van der Waals surface area contributed by atoms with Crippen molar-refractivity contribution in [2.24, 2.45) is 0 Å². The second-order valence-corrected chi connectivity index (χ2v) is 10.8. The van der Waals surface area contributed by atoms with Crippen molar-refractivity contribution in [2.75, 3.05) is 39.8 Å². The number of carbonyl (C=O) groups excluding carboxylic acids is 2. The fraction of sp³-hybridized carbons (Fsp3) is 0.448. The molecule has 3 aliphatic heterocycles. The number of amides is 2. The number of nitrogens with one attached hydrogen (secondary N) is 1. The number of aromatic nitrogens is 1. The van der Waals surface area contributed by atoms with Gasteiger partial charge in [0.25, 0.3) is 0 Å². The summed E-state index contributed by atoms with van der Waals surface area (Å²) in [7, 11) is 1.64. The van der Waals surface area contributed by atoms with Crippen molar-refractivity contribution in [1.29, 1.82) is 0 Å². The van der Waals surface area contributed by atoms with Gasteiger partial charge in [-0.1, -0.05) is 18.6 Å². The van der Waals surface area contributed by atoms with Crippen molar-refractivity contribution in [3.8, 4) is 11.5 Å². The van der Waals surface area contributed by atoms with Crippen molar-refractivity contribution in [3.63, 3.8) is 0 Å². The van der Waals surface area contributed by atoms with E-state index in [2.05, 4.69) is 9.88 Å². The molecule has 37 heavy (non-hydrogen) atoms. The summed E-state index contributed by atoms with van der Waals surface area (Å²) >= 11 is 0. The van der Waals surface area contributed by atoms with Gasteiger partial charge in [-0.05, 0) is 74.3 Å². The number of H-pyrrole nitrogens is 1. The Labute approximate surface area is 216 Å². The van der Waals surface area contributed by atoms with Crippen LogP contribution in [-0.4, -0.2) is 82.0 Å². The Kier molecular flexibility index (Phi) is 5.87. The zero-order chi connectivity index (χ0) is 25.7. The van der Waals surface area contributed by atoms with Gasteiger partial charge in [-0.15, -0.1) is 0 Å². The minimum absolute atomic E-state index is 0.0165. The van der Waals surface area contributed by atoms with Crippen LogP contribution in [0, 0.1) is 0 Å². The van der Waals surface area contributed by atoms with Crippen LogP contribution in [0.3, 0.4) is 0 Å². The normalized spacial score (nSPS) is 24.3. The molecule has 0 unspecified atom stereocenters. The summed E-state index contributed by atoms with van der Waals surface area (Å²) < 4.78 is 5.50. The maximum atomic E-state index is 14.2. The summed E-state index contributed by atoms with van der Waals surface area (Å²) in [5.74, 6) is 0.779. The lowest BCUT2D eigenvalue weighted by atomic mass is 9.78. The van der Waals surface area contributed by atoms with Gasteiger partial charge in [0.2, 0.25) is 11.8 Å². The Morgan fingerprint density at radius 3 is 2.65 bits per heavy atom. The van der Waals surface area contributed by atoms with Crippen LogP contribution in [0.25, 0.3) is 10.9 Å². The number of rotatable bonds is 5. The molecule has 6 rings (SSSR count). The maximum Gasteiger partial charge on any atom is 0.249 e. The van der Waals surface area contributed by atoms with E-state index in [0.29, 0.717) is 13.0 Å². The standard InChI is InChI=1S/C29H34N4O4/c1-29-17-23-22-16-21(37-2)9-10-24(22)30-26(23)27(19-7-6-8-20(34)15-19)33(29)25(35)18-32(28(29)36)14-13-31-11-4-3-5-12-31/h6-10,15-16,27,30,34H,3-5,11-14,17-18H2,1-2H3/t27-,29+/m1/s1. The molecule has 1 aromatic heterocycles. The van der Waals surface area contributed by atoms with E-state index in [4.69, 9.17) is 4.74 Å². The van der Waals surface area contributed by atoms with E-state index in [-0.39, 0.29) is 24.1 Å². The Hall–Kier alpha value is -3.52. The van der Waals surface area contributed by atoms with Crippen LogP contribution >= 0.6 is 0 Å². The largest absolute Gasteiger partial charge is 0.508 e. The minimum atomic E-state index is -1.04. The number of piperidine rings is 1. The molecule has 0 aliphatic carbocycles. The summed E-state index contributed by atoms with van der Waals surface area (Å²) in [5, 5.41) is 11.3. The number of hydrogen-bond donors (Lipinski definition) is 2. The summed E-state index contributed by atoms with van der Waals surface area (Å²) in [6, 6.07) is 12.4. The topological polar surface area (TPSA) is 89.1 Å². The smallest absolute Gasteiger partial charge is 0.249 e. The minimum Gasteiger partial charge on any atom is -0.508 e. The second-order valence-electron chi connectivity index (χ2n) is 10.8. The van der Waals surface area contributed by atoms with E-state index in [1.165, 1.54) is 19.3 Å². The number of benzene rings is 2. The van der Waals surface area contributed by atoms with Crippen molar-refractivity contribution in [1.82, 2.24) is 19.7 Å². The van der Waals surface area contributed by atoms with Crippen molar-refractivity contribution < 1.29 is 19.4 Å². The van der Waals surface area contributed by atoms with Gasteiger partial charge >= 0.3 is 0 Å². The first kappa shape index (κ1) is 23.9. The third kappa shape index (κ3) is 3.94. The Balaban J connectivity index is 1.43. The number of likely N-dealkylation sites (tertiary alicyclic amines) is 1. The fourth-order valence-corrected chi connectivity index (χ4v) is 6.53. The summed E-state index contributed by atoms with van der Waals surface area (Å²) in [6.07, 6.45) is 4.06. The molecule has 0 radical (unpaired) electrons. The van der Waals surface area contributed by atoms with Gasteiger partial charge in [0.1, 0.15) is 17.0 Å². The first-order valence-electron chi connectivity index (χ1n) is 13.2. The number of methoxy groups -OCH3 is 1. The highest BCUT2D eigenvalue weighted by molar-refractivity contribution is 6.00. The van der Waals surface area contributed by atoms with Crippen LogP contribution in [0.2, 0.25) is 0 Å². The Morgan fingerprint density at radius 2 is 1.89 bits per heavy atom. The number of aromatic amines is 1. The number of piperazine rings is 1. The molecule has 3 aliphatic rings. The van der Waals surface area contributed by atoms with Crippen LogP contribution in [0.4, 0.5) is 0 Å². The van der Waals surface area contributed by atoms with Crippen LogP contribution in [0.5, 0.6) is 11.5 Å².